The molecule has 0 radical (unpaired) electrons. The molecule has 0 spiro atoms. The Labute approximate surface area is 153 Å². The van der Waals surface area contributed by atoms with Crippen LogP contribution in [-0.2, 0) is 14.3 Å². The van der Waals surface area contributed by atoms with Gasteiger partial charge in [0.25, 0.3) is 15.8 Å². The van der Waals surface area contributed by atoms with E-state index in [-0.39, 0.29) is 17.2 Å². The molecule has 0 aromatic heterocycles. The van der Waals surface area contributed by atoms with Gasteiger partial charge < -0.3 is 0 Å². The number of hydrogen-bond acceptors (Lipinski definition) is 5. The van der Waals surface area contributed by atoms with Crippen molar-refractivity contribution in [3.63, 3.8) is 0 Å². The summed E-state index contributed by atoms with van der Waals surface area (Å²) in [5, 5.41) is 10.6. The molecule has 0 saturated carbocycles. The Morgan fingerprint density at radius 2 is 1.69 bits per heavy atom. The van der Waals surface area contributed by atoms with E-state index < -0.39 is 15.0 Å². The Hall–Kier alpha value is -2.69. The number of benzene rings is 2. The molecule has 0 unspecified atom stereocenters. The quantitative estimate of drug-likeness (QED) is 0.242. The standard InChI is InChI=1S/C19H19NO5S/c1-16-7-13-19(14-8-16)26(23,24)25-15-5-3-2-4-6-17-9-11-18(12-10-17)20(21)22/h7-14H,2-3,5,15H2,1H3. The van der Waals surface area contributed by atoms with E-state index in [1.54, 1.807) is 24.3 Å². The Morgan fingerprint density at radius 3 is 2.31 bits per heavy atom. The minimum absolute atomic E-state index is 0.0301. The number of rotatable bonds is 7. The van der Waals surface area contributed by atoms with Gasteiger partial charge in [-0.05, 0) is 44.0 Å². The highest BCUT2D eigenvalue weighted by atomic mass is 32.2. The van der Waals surface area contributed by atoms with Crippen molar-refractivity contribution in [1.29, 1.82) is 0 Å². The van der Waals surface area contributed by atoms with Crippen molar-refractivity contribution in [1.82, 2.24) is 0 Å². The van der Waals surface area contributed by atoms with Gasteiger partial charge in [0.15, 0.2) is 0 Å². The highest BCUT2D eigenvalue weighted by Crippen LogP contribution is 2.14. The van der Waals surface area contributed by atoms with Gasteiger partial charge in [0.1, 0.15) is 0 Å². The fraction of sp³-hybridized carbons (Fsp3) is 0.263. The third-order valence-corrected chi connectivity index (χ3v) is 4.88. The van der Waals surface area contributed by atoms with Crippen molar-refractivity contribution in [3.05, 3.63) is 69.8 Å². The average Bonchev–Trinajstić information content (AvgIpc) is 2.61. The average molecular weight is 373 g/mol. The molecule has 0 aliphatic carbocycles. The van der Waals surface area contributed by atoms with Gasteiger partial charge in [0, 0.05) is 24.1 Å². The van der Waals surface area contributed by atoms with Gasteiger partial charge in [-0.2, -0.15) is 8.42 Å². The summed E-state index contributed by atoms with van der Waals surface area (Å²) >= 11 is 0. The second kappa shape index (κ2) is 9.13. The zero-order valence-electron chi connectivity index (χ0n) is 14.3. The maximum absolute atomic E-state index is 12.0. The van der Waals surface area contributed by atoms with Crippen LogP contribution in [-0.4, -0.2) is 19.9 Å². The highest BCUT2D eigenvalue weighted by molar-refractivity contribution is 7.86. The molecule has 0 atom stereocenters. The number of non-ortho nitro benzene ring substituents is 1. The monoisotopic (exact) mass is 373 g/mol. The van der Waals surface area contributed by atoms with Crippen LogP contribution in [0.2, 0.25) is 0 Å². The lowest BCUT2D eigenvalue weighted by Gasteiger charge is -2.05. The Kier molecular flexibility index (Phi) is 6.89. The third-order valence-electron chi connectivity index (χ3n) is 3.56. The lowest BCUT2D eigenvalue weighted by Crippen LogP contribution is -2.07. The van der Waals surface area contributed by atoms with E-state index in [0.29, 0.717) is 24.8 Å². The first kappa shape index (κ1) is 19.6. The number of nitro groups is 1. The van der Waals surface area contributed by atoms with Crippen molar-refractivity contribution in [2.24, 2.45) is 0 Å². The third kappa shape index (κ3) is 5.99. The van der Waals surface area contributed by atoms with E-state index in [4.69, 9.17) is 4.18 Å². The summed E-state index contributed by atoms with van der Waals surface area (Å²) in [6, 6.07) is 12.5. The van der Waals surface area contributed by atoms with Crippen LogP contribution in [0.4, 0.5) is 5.69 Å². The van der Waals surface area contributed by atoms with Gasteiger partial charge in [0.2, 0.25) is 0 Å². The summed E-state index contributed by atoms with van der Waals surface area (Å²) < 4.78 is 29.0. The SMILES string of the molecule is Cc1ccc(S(=O)(=O)OCCCCC#Cc2ccc([N+](=O)[O-])cc2)cc1. The normalized spacial score (nSPS) is 10.8. The molecule has 0 N–H and O–H groups in total. The second-order valence-electron chi connectivity index (χ2n) is 5.65. The van der Waals surface area contributed by atoms with Crippen molar-refractivity contribution >= 4 is 15.8 Å². The Balaban J connectivity index is 1.72. The highest BCUT2D eigenvalue weighted by Gasteiger charge is 2.14. The van der Waals surface area contributed by atoms with Crippen LogP contribution >= 0.6 is 0 Å². The molecule has 6 nitrogen and oxygen atoms in total. The first-order valence-electron chi connectivity index (χ1n) is 8.08. The molecule has 2 aromatic rings. The van der Waals surface area contributed by atoms with Gasteiger partial charge >= 0.3 is 0 Å². The molecule has 2 rings (SSSR count). The van der Waals surface area contributed by atoms with E-state index in [1.807, 2.05) is 6.92 Å². The lowest BCUT2D eigenvalue weighted by atomic mass is 10.2. The minimum Gasteiger partial charge on any atom is -0.266 e. The number of aryl methyl sites for hydroxylation is 1. The summed E-state index contributed by atoms with van der Waals surface area (Å²) in [5.74, 6) is 5.88. The van der Waals surface area contributed by atoms with Crippen molar-refractivity contribution in [3.8, 4) is 11.8 Å². The summed E-state index contributed by atoms with van der Waals surface area (Å²) in [5.41, 5.74) is 1.71. The number of unbranched alkanes of at least 4 members (excludes halogenated alkanes) is 2. The second-order valence-corrected chi connectivity index (χ2v) is 7.27. The molecular formula is C19H19NO5S. The predicted molar refractivity (Wildman–Crippen MR) is 98.1 cm³/mol. The molecule has 0 heterocycles. The van der Waals surface area contributed by atoms with Crippen LogP contribution in [0.3, 0.4) is 0 Å². The number of nitro benzene ring substituents is 1. The van der Waals surface area contributed by atoms with Gasteiger partial charge in [0.05, 0.1) is 16.4 Å². The molecule has 7 heteroatoms. The zero-order chi connectivity index (χ0) is 19.0. The molecule has 0 bridgehead atoms. The van der Waals surface area contributed by atoms with E-state index in [0.717, 1.165) is 5.56 Å². The fourth-order valence-electron chi connectivity index (χ4n) is 2.09. The van der Waals surface area contributed by atoms with Crippen LogP contribution < -0.4 is 0 Å². The van der Waals surface area contributed by atoms with Crippen LogP contribution in [0.1, 0.15) is 30.4 Å². The zero-order valence-corrected chi connectivity index (χ0v) is 15.2. The van der Waals surface area contributed by atoms with Gasteiger partial charge in [-0.1, -0.05) is 29.5 Å². The van der Waals surface area contributed by atoms with E-state index in [9.17, 15) is 18.5 Å². The molecule has 2 aromatic carbocycles. The summed E-state index contributed by atoms with van der Waals surface area (Å²) in [6.45, 7) is 1.99. The molecule has 0 aliphatic heterocycles. The molecule has 0 amide bonds. The first-order chi connectivity index (χ1) is 12.4. The molecule has 0 saturated heterocycles. The molecule has 0 aliphatic rings. The lowest BCUT2D eigenvalue weighted by molar-refractivity contribution is -0.384. The smallest absolute Gasteiger partial charge is 0.266 e. The fourth-order valence-corrected chi connectivity index (χ4v) is 3.03. The van der Waals surface area contributed by atoms with Crippen LogP contribution in [0.25, 0.3) is 0 Å². The first-order valence-corrected chi connectivity index (χ1v) is 9.49. The summed E-state index contributed by atoms with van der Waals surface area (Å²) in [4.78, 5) is 10.3. The maximum Gasteiger partial charge on any atom is 0.296 e. The largest absolute Gasteiger partial charge is 0.296 e. The van der Waals surface area contributed by atoms with Crippen LogP contribution in [0, 0.1) is 28.9 Å². The van der Waals surface area contributed by atoms with Crippen molar-refractivity contribution < 1.29 is 17.5 Å². The van der Waals surface area contributed by atoms with E-state index >= 15 is 0 Å². The Bertz CT molecular complexity index is 907. The molecule has 136 valence electrons. The number of hydrogen-bond donors (Lipinski definition) is 0. The molecular weight excluding hydrogens is 354 g/mol. The predicted octanol–water partition coefficient (Wildman–Crippen LogP) is 3.83. The number of nitrogens with zero attached hydrogens (tertiary/aromatic N) is 1. The molecule has 26 heavy (non-hydrogen) atoms. The van der Waals surface area contributed by atoms with Crippen molar-refractivity contribution in [2.45, 2.75) is 31.1 Å². The summed E-state index contributed by atoms with van der Waals surface area (Å²) in [6.07, 6.45) is 1.86. The summed E-state index contributed by atoms with van der Waals surface area (Å²) in [7, 11) is -3.71. The van der Waals surface area contributed by atoms with Gasteiger partial charge in [-0.3, -0.25) is 14.3 Å². The van der Waals surface area contributed by atoms with Gasteiger partial charge in [-0.25, -0.2) is 0 Å². The van der Waals surface area contributed by atoms with Crippen LogP contribution in [0.5, 0.6) is 0 Å². The van der Waals surface area contributed by atoms with Crippen LogP contribution in [0.15, 0.2) is 53.4 Å². The Morgan fingerprint density at radius 1 is 1.04 bits per heavy atom. The topological polar surface area (TPSA) is 86.5 Å². The van der Waals surface area contributed by atoms with Crippen molar-refractivity contribution in [2.75, 3.05) is 6.61 Å². The van der Waals surface area contributed by atoms with E-state index in [2.05, 4.69) is 11.8 Å². The van der Waals surface area contributed by atoms with Gasteiger partial charge in [-0.15, -0.1) is 0 Å². The minimum atomic E-state index is -3.71. The van der Waals surface area contributed by atoms with E-state index in [1.165, 1.54) is 24.3 Å². The molecule has 0 fully saturated rings. The maximum atomic E-state index is 12.0.